The Morgan fingerprint density at radius 2 is 2.28 bits per heavy atom. The first kappa shape index (κ1) is 13.6. The van der Waals surface area contributed by atoms with Gasteiger partial charge in [-0.2, -0.15) is 0 Å². The molecule has 0 radical (unpaired) electrons. The lowest BCUT2D eigenvalue weighted by Gasteiger charge is -2.21. The molecule has 18 heavy (non-hydrogen) atoms. The zero-order chi connectivity index (χ0) is 13.0. The SMILES string of the molecule is CN(CCOCC1CC1)c1cc(Br)ccc1C=O. The molecule has 0 amide bonds. The number of likely N-dealkylation sites (N-methyl/N-ethyl adjacent to an activating group) is 1. The molecule has 0 spiro atoms. The normalized spacial score (nSPS) is 14.6. The molecule has 1 aromatic rings. The van der Waals surface area contributed by atoms with E-state index in [0.29, 0.717) is 12.2 Å². The summed E-state index contributed by atoms with van der Waals surface area (Å²) in [5.41, 5.74) is 1.65. The van der Waals surface area contributed by atoms with Crippen LogP contribution < -0.4 is 4.90 Å². The highest BCUT2D eigenvalue weighted by atomic mass is 79.9. The summed E-state index contributed by atoms with van der Waals surface area (Å²) < 4.78 is 6.59. The second-order valence-corrected chi connectivity index (χ2v) is 5.68. The number of rotatable bonds is 7. The van der Waals surface area contributed by atoms with Crippen LogP contribution in [0.1, 0.15) is 23.2 Å². The fourth-order valence-corrected chi connectivity index (χ4v) is 2.15. The Morgan fingerprint density at radius 3 is 2.94 bits per heavy atom. The molecular formula is C14H18BrNO2. The molecule has 1 saturated carbocycles. The molecule has 0 N–H and O–H groups in total. The van der Waals surface area contributed by atoms with Crippen LogP contribution in [0, 0.1) is 5.92 Å². The largest absolute Gasteiger partial charge is 0.379 e. The third-order valence-electron chi connectivity index (χ3n) is 3.15. The molecule has 2 rings (SSSR count). The van der Waals surface area contributed by atoms with E-state index >= 15 is 0 Å². The quantitative estimate of drug-likeness (QED) is 0.572. The Kier molecular flexibility index (Phi) is 4.78. The molecule has 0 bridgehead atoms. The van der Waals surface area contributed by atoms with Crippen molar-refractivity contribution < 1.29 is 9.53 Å². The first-order chi connectivity index (χ1) is 8.70. The second kappa shape index (κ2) is 6.34. The molecule has 1 aliphatic rings. The van der Waals surface area contributed by atoms with Crippen LogP contribution in [0.25, 0.3) is 0 Å². The summed E-state index contributed by atoms with van der Waals surface area (Å²) in [7, 11) is 1.98. The van der Waals surface area contributed by atoms with Crippen molar-refractivity contribution in [2.45, 2.75) is 12.8 Å². The lowest BCUT2D eigenvalue weighted by Crippen LogP contribution is -2.24. The maximum absolute atomic E-state index is 11.0. The monoisotopic (exact) mass is 311 g/mol. The minimum Gasteiger partial charge on any atom is -0.379 e. The van der Waals surface area contributed by atoms with E-state index in [4.69, 9.17) is 4.74 Å². The molecule has 0 heterocycles. The van der Waals surface area contributed by atoms with Crippen molar-refractivity contribution in [1.29, 1.82) is 0 Å². The molecule has 3 nitrogen and oxygen atoms in total. The molecular weight excluding hydrogens is 294 g/mol. The number of carbonyl (C=O) groups excluding carboxylic acids is 1. The summed E-state index contributed by atoms with van der Waals surface area (Å²) in [5, 5.41) is 0. The van der Waals surface area contributed by atoms with E-state index in [1.807, 2.05) is 25.2 Å². The molecule has 1 aliphatic carbocycles. The summed E-state index contributed by atoms with van der Waals surface area (Å²) in [6.45, 7) is 2.38. The number of aldehydes is 1. The van der Waals surface area contributed by atoms with Crippen LogP contribution >= 0.6 is 15.9 Å². The maximum atomic E-state index is 11.0. The molecule has 4 heteroatoms. The second-order valence-electron chi connectivity index (χ2n) is 4.76. The Hall–Kier alpha value is -0.870. The van der Waals surface area contributed by atoms with Crippen molar-refractivity contribution in [3.8, 4) is 0 Å². The number of anilines is 1. The van der Waals surface area contributed by atoms with Crippen LogP contribution in [0.3, 0.4) is 0 Å². The number of ether oxygens (including phenoxy) is 1. The highest BCUT2D eigenvalue weighted by Gasteiger charge is 2.21. The van der Waals surface area contributed by atoms with Crippen molar-refractivity contribution in [2.75, 3.05) is 31.7 Å². The number of hydrogen-bond donors (Lipinski definition) is 0. The first-order valence-corrected chi connectivity index (χ1v) is 7.03. The van der Waals surface area contributed by atoms with Crippen LogP contribution in [-0.4, -0.2) is 33.1 Å². The predicted octanol–water partition coefficient (Wildman–Crippen LogP) is 3.12. The Bertz CT molecular complexity index is 418. The summed E-state index contributed by atoms with van der Waals surface area (Å²) >= 11 is 3.43. The van der Waals surface area contributed by atoms with Gasteiger partial charge in [0.2, 0.25) is 0 Å². The van der Waals surface area contributed by atoms with Crippen molar-refractivity contribution >= 4 is 27.9 Å². The van der Waals surface area contributed by atoms with Gasteiger partial charge in [0.15, 0.2) is 6.29 Å². The van der Waals surface area contributed by atoms with Gasteiger partial charge in [0.1, 0.15) is 0 Å². The van der Waals surface area contributed by atoms with E-state index in [1.165, 1.54) is 12.8 Å². The molecule has 98 valence electrons. The van der Waals surface area contributed by atoms with Gasteiger partial charge in [-0.1, -0.05) is 15.9 Å². The van der Waals surface area contributed by atoms with Crippen molar-refractivity contribution in [1.82, 2.24) is 0 Å². The van der Waals surface area contributed by atoms with E-state index in [0.717, 1.165) is 35.5 Å². The van der Waals surface area contributed by atoms with Gasteiger partial charge in [-0.15, -0.1) is 0 Å². The first-order valence-electron chi connectivity index (χ1n) is 6.24. The predicted molar refractivity (Wildman–Crippen MR) is 76.3 cm³/mol. The van der Waals surface area contributed by atoms with Gasteiger partial charge in [0.25, 0.3) is 0 Å². The van der Waals surface area contributed by atoms with Gasteiger partial charge in [-0.25, -0.2) is 0 Å². The Balaban J connectivity index is 1.87. The minimum absolute atomic E-state index is 0.706. The van der Waals surface area contributed by atoms with Crippen molar-refractivity contribution in [3.63, 3.8) is 0 Å². The summed E-state index contributed by atoms with van der Waals surface area (Å²) in [4.78, 5) is 13.1. The van der Waals surface area contributed by atoms with Crippen LogP contribution in [0.4, 0.5) is 5.69 Å². The number of hydrogen-bond acceptors (Lipinski definition) is 3. The molecule has 1 fully saturated rings. The highest BCUT2D eigenvalue weighted by molar-refractivity contribution is 9.10. The zero-order valence-electron chi connectivity index (χ0n) is 10.6. The number of carbonyl (C=O) groups is 1. The van der Waals surface area contributed by atoms with Crippen LogP contribution in [0.5, 0.6) is 0 Å². The molecule has 0 unspecified atom stereocenters. The van der Waals surface area contributed by atoms with Crippen molar-refractivity contribution in [3.05, 3.63) is 28.2 Å². The van der Waals surface area contributed by atoms with Crippen LogP contribution in [0.2, 0.25) is 0 Å². The molecule has 1 aromatic carbocycles. The van der Waals surface area contributed by atoms with E-state index in [9.17, 15) is 4.79 Å². The zero-order valence-corrected chi connectivity index (χ0v) is 12.1. The Labute approximate surface area is 116 Å². The fraction of sp³-hybridized carbons (Fsp3) is 0.500. The Morgan fingerprint density at radius 1 is 1.50 bits per heavy atom. The van der Waals surface area contributed by atoms with Gasteiger partial charge in [-0.05, 0) is 37.0 Å². The van der Waals surface area contributed by atoms with Gasteiger partial charge < -0.3 is 9.64 Å². The van der Waals surface area contributed by atoms with E-state index < -0.39 is 0 Å². The topological polar surface area (TPSA) is 29.5 Å². The summed E-state index contributed by atoms with van der Waals surface area (Å²) in [5.74, 6) is 0.798. The lowest BCUT2D eigenvalue weighted by molar-refractivity contribution is 0.112. The number of halogens is 1. The standard InChI is InChI=1S/C14H18BrNO2/c1-16(6-7-18-10-11-2-3-11)14-8-13(15)5-4-12(14)9-17/h4-5,8-9,11H,2-3,6-7,10H2,1H3. The third kappa shape index (κ3) is 3.82. The molecule has 0 aromatic heterocycles. The van der Waals surface area contributed by atoms with Gasteiger partial charge in [0, 0.05) is 35.9 Å². The number of benzene rings is 1. The lowest BCUT2D eigenvalue weighted by atomic mass is 10.2. The third-order valence-corrected chi connectivity index (χ3v) is 3.65. The smallest absolute Gasteiger partial charge is 0.152 e. The summed E-state index contributed by atoms with van der Waals surface area (Å²) in [6, 6.07) is 5.67. The van der Waals surface area contributed by atoms with Crippen LogP contribution in [-0.2, 0) is 4.74 Å². The average molecular weight is 312 g/mol. The van der Waals surface area contributed by atoms with Gasteiger partial charge >= 0.3 is 0 Å². The van der Waals surface area contributed by atoms with E-state index in [1.54, 1.807) is 0 Å². The van der Waals surface area contributed by atoms with Crippen molar-refractivity contribution in [2.24, 2.45) is 5.92 Å². The summed E-state index contributed by atoms with van der Waals surface area (Å²) in [6.07, 6.45) is 3.52. The fourth-order valence-electron chi connectivity index (χ4n) is 1.80. The van der Waals surface area contributed by atoms with Gasteiger partial charge in [-0.3, -0.25) is 4.79 Å². The van der Waals surface area contributed by atoms with E-state index in [-0.39, 0.29) is 0 Å². The number of nitrogens with zero attached hydrogens (tertiary/aromatic N) is 1. The minimum atomic E-state index is 0.706. The van der Waals surface area contributed by atoms with E-state index in [2.05, 4.69) is 20.8 Å². The molecule has 0 aliphatic heterocycles. The molecule has 0 atom stereocenters. The average Bonchev–Trinajstić information content (AvgIpc) is 3.18. The molecule has 0 saturated heterocycles. The van der Waals surface area contributed by atoms with Crippen LogP contribution in [0.15, 0.2) is 22.7 Å². The highest BCUT2D eigenvalue weighted by Crippen LogP contribution is 2.28. The maximum Gasteiger partial charge on any atom is 0.152 e. The van der Waals surface area contributed by atoms with Gasteiger partial charge in [0.05, 0.1) is 6.61 Å².